The topological polar surface area (TPSA) is 69.6 Å². The van der Waals surface area contributed by atoms with Crippen molar-refractivity contribution in [2.45, 2.75) is 70.9 Å². The Morgan fingerprint density at radius 2 is 1.89 bits per heavy atom. The molecule has 0 radical (unpaired) electrons. The third-order valence-corrected chi connectivity index (χ3v) is 3.61. The molecule has 0 spiro atoms. The lowest BCUT2D eigenvalue weighted by molar-refractivity contribution is -0.137. The fraction of sp³-hybridized carbons (Fsp3) is 0.857. The Balaban J connectivity index is 2.40. The molecule has 1 saturated carbocycles. The van der Waals surface area contributed by atoms with Crippen molar-refractivity contribution in [1.82, 2.24) is 10.2 Å². The molecule has 1 fully saturated rings. The quantitative estimate of drug-likeness (QED) is 0.779. The van der Waals surface area contributed by atoms with Gasteiger partial charge in [-0.2, -0.15) is 0 Å². The van der Waals surface area contributed by atoms with E-state index >= 15 is 0 Å². The Kier molecular flexibility index (Phi) is 6.67. The zero-order valence-electron chi connectivity index (χ0n) is 12.0. The Bertz CT molecular complexity index is 299. The van der Waals surface area contributed by atoms with Crippen molar-refractivity contribution in [2.75, 3.05) is 6.54 Å². The number of carboxylic acids is 1. The van der Waals surface area contributed by atoms with Crippen LogP contribution in [0, 0.1) is 0 Å². The summed E-state index contributed by atoms with van der Waals surface area (Å²) >= 11 is 0. The van der Waals surface area contributed by atoms with Crippen molar-refractivity contribution < 1.29 is 14.7 Å². The molecule has 0 aromatic rings. The Morgan fingerprint density at radius 3 is 2.42 bits per heavy atom. The normalized spacial score (nSPS) is 16.4. The first kappa shape index (κ1) is 15.8. The fourth-order valence-electron chi connectivity index (χ4n) is 2.50. The standard InChI is InChI=1S/C14H26N2O3/c1-11(2)16(10-6-9-13(17)18)14(19)15-12-7-4-3-5-8-12/h11-12H,3-10H2,1-2H3,(H,15,19)(H,17,18). The van der Waals surface area contributed by atoms with E-state index in [1.165, 1.54) is 19.3 Å². The maximum atomic E-state index is 12.2. The van der Waals surface area contributed by atoms with Crippen LogP contribution in [0.25, 0.3) is 0 Å². The number of carboxylic acid groups (broad SMARTS) is 1. The van der Waals surface area contributed by atoms with Crippen molar-refractivity contribution in [3.63, 3.8) is 0 Å². The lowest BCUT2D eigenvalue weighted by Gasteiger charge is -2.30. The van der Waals surface area contributed by atoms with Gasteiger partial charge in [0.15, 0.2) is 0 Å². The molecule has 0 heterocycles. The summed E-state index contributed by atoms with van der Waals surface area (Å²) < 4.78 is 0. The van der Waals surface area contributed by atoms with Gasteiger partial charge < -0.3 is 15.3 Å². The van der Waals surface area contributed by atoms with Crippen LogP contribution >= 0.6 is 0 Å². The van der Waals surface area contributed by atoms with Crippen LogP contribution in [-0.4, -0.2) is 40.6 Å². The minimum atomic E-state index is -0.809. The minimum absolute atomic E-state index is 0.0488. The molecule has 2 amide bonds. The number of hydrogen-bond acceptors (Lipinski definition) is 2. The fourth-order valence-corrected chi connectivity index (χ4v) is 2.50. The first-order valence-electron chi connectivity index (χ1n) is 7.29. The molecule has 0 aliphatic heterocycles. The van der Waals surface area contributed by atoms with Crippen LogP contribution in [0.4, 0.5) is 4.79 Å². The first-order chi connectivity index (χ1) is 9.00. The SMILES string of the molecule is CC(C)N(CCCC(=O)O)C(=O)NC1CCCCC1. The van der Waals surface area contributed by atoms with Crippen LogP contribution in [0.15, 0.2) is 0 Å². The second-order valence-electron chi connectivity index (χ2n) is 5.57. The predicted molar refractivity (Wildman–Crippen MR) is 74.1 cm³/mol. The lowest BCUT2D eigenvalue weighted by atomic mass is 9.96. The second-order valence-corrected chi connectivity index (χ2v) is 5.57. The number of hydrogen-bond donors (Lipinski definition) is 2. The van der Waals surface area contributed by atoms with Crippen molar-refractivity contribution >= 4 is 12.0 Å². The molecule has 0 aromatic carbocycles. The highest BCUT2D eigenvalue weighted by molar-refractivity contribution is 5.75. The van der Waals surface area contributed by atoms with Gasteiger partial charge in [-0.05, 0) is 33.1 Å². The van der Waals surface area contributed by atoms with E-state index in [0.29, 0.717) is 19.0 Å². The number of urea groups is 1. The maximum Gasteiger partial charge on any atom is 0.317 e. The van der Waals surface area contributed by atoms with Gasteiger partial charge in [0.05, 0.1) is 0 Å². The van der Waals surface area contributed by atoms with E-state index in [-0.39, 0.29) is 18.5 Å². The summed E-state index contributed by atoms with van der Waals surface area (Å²) in [5.41, 5.74) is 0. The molecule has 2 N–H and O–H groups in total. The summed E-state index contributed by atoms with van der Waals surface area (Å²) in [5, 5.41) is 11.7. The molecule has 5 nitrogen and oxygen atoms in total. The molecule has 0 saturated heterocycles. The van der Waals surface area contributed by atoms with Crippen LogP contribution in [0.3, 0.4) is 0 Å². The van der Waals surface area contributed by atoms with E-state index in [4.69, 9.17) is 5.11 Å². The molecule has 19 heavy (non-hydrogen) atoms. The second kappa shape index (κ2) is 8.02. The van der Waals surface area contributed by atoms with Gasteiger partial charge in [0.1, 0.15) is 0 Å². The minimum Gasteiger partial charge on any atom is -0.481 e. The van der Waals surface area contributed by atoms with Crippen LogP contribution in [0.2, 0.25) is 0 Å². The molecule has 0 bridgehead atoms. The van der Waals surface area contributed by atoms with Gasteiger partial charge >= 0.3 is 12.0 Å². The van der Waals surface area contributed by atoms with Crippen molar-refractivity contribution in [3.05, 3.63) is 0 Å². The monoisotopic (exact) mass is 270 g/mol. The Hall–Kier alpha value is -1.26. The summed E-state index contributed by atoms with van der Waals surface area (Å²) in [6, 6.07) is 0.339. The van der Waals surface area contributed by atoms with Gasteiger partial charge in [0.2, 0.25) is 0 Å². The van der Waals surface area contributed by atoms with Gasteiger partial charge in [0.25, 0.3) is 0 Å². The smallest absolute Gasteiger partial charge is 0.317 e. The van der Waals surface area contributed by atoms with E-state index < -0.39 is 5.97 Å². The number of nitrogens with zero attached hydrogens (tertiary/aromatic N) is 1. The highest BCUT2D eigenvalue weighted by atomic mass is 16.4. The molecule has 0 aromatic heterocycles. The molecule has 1 aliphatic rings. The third kappa shape index (κ3) is 5.94. The number of rotatable bonds is 6. The van der Waals surface area contributed by atoms with E-state index in [2.05, 4.69) is 5.32 Å². The molecule has 1 aliphatic carbocycles. The predicted octanol–water partition coefficient (Wildman–Crippen LogP) is 2.60. The van der Waals surface area contributed by atoms with Gasteiger partial charge in [-0.1, -0.05) is 19.3 Å². The summed E-state index contributed by atoms with van der Waals surface area (Å²) in [6.07, 6.45) is 6.38. The average Bonchev–Trinajstić information content (AvgIpc) is 2.35. The Labute approximate surface area is 115 Å². The molecule has 110 valence electrons. The highest BCUT2D eigenvalue weighted by Crippen LogP contribution is 2.17. The largest absolute Gasteiger partial charge is 0.481 e. The van der Waals surface area contributed by atoms with Gasteiger partial charge in [-0.3, -0.25) is 4.79 Å². The van der Waals surface area contributed by atoms with E-state index in [1.807, 2.05) is 13.8 Å². The van der Waals surface area contributed by atoms with Crippen LogP contribution in [0.5, 0.6) is 0 Å². The van der Waals surface area contributed by atoms with Crippen LogP contribution in [-0.2, 0) is 4.79 Å². The van der Waals surface area contributed by atoms with Crippen LogP contribution in [0.1, 0.15) is 58.8 Å². The molecule has 1 rings (SSSR count). The van der Waals surface area contributed by atoms with E-state index in [0.717, 1.165) is 12.8 Å². The van der Waals surface area contributed by atoms with Crippen molar-refractivity contribution in [1.29, 1.82) is 0 Å². The first-order valence-corrected chi connectivity index (χ1v) is 7.29. The number of carbonyl (C=O) groups is 2. The molecular formula is C14H26N2O3. The highest BCUT2D eigenvalue weighted by Gasteiger charge is 2.21. The number of carbonyl (C=O) groups excluding carboxylic acids is 1. The third-order valence-electron chi connectivity index (χ3n) is 3.61. The summed E-state index contributed by atoms with van der Waals surface area (Å²) in [5.74, 6) is -0.809. The molecule has 0 unspecified atom stereocenters. The van der Waals surface area contributed by atoms with Gasteiger partial charge in [-0.25, -0.2) is 4.79 Å². The van der Waals surface area contributed by atoms with Gasteiger partial charge in [0, 0.05) is 25.0 Å². The van der Waals surface area contributed by atoms with E-state index in [9.17, 15) is 9.59 Å². The summed E-state index contributed by atoms with van der Waals surface area (Å²) in [7, 11) is 0. The number of amides is 2. The zero-order valence-corrected chi connectivity index (χ0v) is 12.0. The lowest BCUT2D eigenvalue weighted by Crippen LogP contribution is -2.48. The molecular weight excluding hydrogens is 244 g/mol. The average molecular weight is 270 g/mol. The summed E-state index contributed by atoms with van der Waals surface area (Å²) in [4.78, 5) is 24.4. The van der Waals surface area contributed by atoms with Crippen molar-refractivity contribution in [2.24, 2.45) is 0 Å². The Morgan fingerprint density at radius 1 is 1.26 bits per heavy atom. The molecule has 5 heteroatoms. The summed E-state index contributed by atoms with van der Waals surface area (Å²) in [6.45, 7) is 4.42. The number of nitrogens with one attached hydrogen (secondary N) is 1. The van der Waals surface area contributed by atoms with Gasteiger partial charge in [-0.15, -0.1) is 0 Å². The molecule has 0 atom stereocenters. The number of aliphatic carboxylic acids is 1. The van der Waals surface area contributed by atoms with E-state index in [1.54, 1.807) is 4.90 Å². The zero-order chi connectivity index (χ0) is 14.3. The van der Waals surface area contributed by atoms with Crippen molar-refractivity contribution in [3.8, 4) is 0 Å². The van der Waals surface area contributed by atoms with Crippen LogP contribution < -0.4 is 5.32 Å². The maximum absolute atomic E-state index is 12.2.